The van der Waals surface area contributed by atoms with Gasteiger partial charge in [0.2, 0.25) is 9.84 Å². The minimum atomic E-state index is -4.13. The SMILES string of the molecule is Cc1ccc2nc3c(cc(S(=O)(=O)c4ccc(Cl)cc4)c(=N)n3Cc3ccco3)c(=O)n2c1. The summed E-state index contributed by atoms with van der Waals surface area (Å²) in [6, 6.07) is 13.8. The van der Waals surface area contributed by atoms with Crippen LogP contribution in [-0.4, -0.2) is 22.4 Å². The summed E-state index contributed by atoms with van der Waals surface area (Å²) in [5, 5.41) is 9.22. The van der Waals surface area contributed by atoms with Crippen molar-refractivity contribution in [2.24, 2.45) is 0 Å². The van der Waals surface area contributed by atoms with E-state index in [4.69, 9.17) is 21.4 Å². The van der Waals surface area contributed by atoms with Crippen LogP contribution in [-0.2, 0) is 16.4 Å². The molecule has 5 rings (SSSR count). The minimum Gasteiger partial charge on any atom is -0.467 e. The third kappa shape index (κ3) is 3.55. The van der Waals surface area contributed by atoms with E-state index in [2.05, 4.69) is 4.98 Å². The number of hydrogen-bond acceptors (Lipinski definition) is 6. The normalized spacial score (nSPS) is 11.9. The second kappa shape index (κ2) is 7.72. The molecule has 0 aliphatic rings. The standard InChI is InChI=1S/C23H17ClN4O4S/c1-14-4-9-20-26-22-18(23(29)27(20)12-14)11-19(21(25)28(22)13-16-3-2-10-32-16)33(30,31)17-7-5-15(24)6-8-17/h2-12,25H,13H2,1H3. The highest BCUT2D eigenvalue weighted by molar-refractivity contribution is 7.91. The average Bonchev–Trinajstić information content (AvgIpc) is 3.30. The van der Waals surface area contributed by atoms with Crippen molar-refractivity contribution in [3.05, 3.63) is 99.2 Å². The fraction of sp³-hybridized carbons (Fsp3) is 0.0870. The van der Waals surface area contributed by atoms with E-state index in [1.54, 1.807) is 24.4 Å². The van der Waals surface area contributed by atoms with Gasteiger partial charge >= 0.3 is 0 Å². The van der Waals surface area contributed by atoms with E-state index in [9.17, 15) is 13.2 Å². The molecule has 0 aliphatic carbocycles. The molecule has 4 heterocycles. The van der Waals surface area contributed by atoms with Gasteiger partial charge in [-0.2, -0.15) is 0 Å². The van der Waals surface area contributed by atoms with Crippen LogP contribution in [0.2, 0.25) is 5.02 Å². The van der Waals surface area contributed by atoms with Gasteiger partial charge in [0.25, 0.3) is 5.56 Å². The van der Waals surface area contributed by atoms with Crippen molar-refractivity contribution in [3.63, 3.8) is 0 Å². The van der Waals surface area contributed by atoms with Crippen molar-refractivity contribution in [1.82, 2.24) is 14.0 Å². The highest BCUT2D eigenvalue weighted by atomic mass is 35.5. The summed E-state index contributed by atoms with van der Waals surface area (Å²) in [4.78, 5) is 17.6. The molecule has 0 spiro atoms. The maximum atomic E-state index is 13.5. The fourth-order valence-corrected chi connectivity index (χ4v) is 5.19. The first-order chi connectivity index (χ1) is 15.8. The number of pyridine rings is 2. The van der Waals surface area contributed by atoms with E-state index < -0.39 is 15.4 Å². The van der Waals surface area contributed by atoms with Gasteiger partial charge in [-0.25, -0.2) is 13.4 Å². The van der Waals surface area contributed by atoms with Crippen molar-refractivity contribution in [2.45, 2.75) is 23.3 Å². The molecule has 1 aromatic carbocycles. The molecule has 8 nitrogen and oxygen atoms in total. The Morgan fingerprint density at radius 1 is 1.12 bits per heavy atom. The van der Waals surface area contributed by atoms with Gasteiger partial charge in [-0.05, 0) is 61.0 Å². The minimum absolute atomic E-state index is 0.0286. The molecule has 5 aromatic rings. The highest BCUT2D eigenvalue weighted by Crippen LogP contribution is 2.23. The summed E-state index contributed by atoms with van der Waals surface area (Å²) < 4.78 is 35.1. The number of benzene rings is 1. The lowest BCUT2D eigenvalue weighted by atomic mass is 10.2. The van der Waals surface area contributed by atoms with Gasteiger partial charge < -0.3 is 8.98 Å². The predicted octanol–water partition coefficient (Wildman–Crippen LogP) is 3.56. The van der Waals surface area contributed by atoms with E-state index in [0.717, 1.165) is 5.56 Å². The number of rotatable bonds is 4. The Kier molecular flexibility index (Phi) is 4.95. The quantitative estimate of drug-likeness (QED) is 0.395. The van der Waals surface area contributed by atoms with E-state index in [1.807, 2.05) is 13.0 Å². The molecule has 0 unspecified atom stereocenters. The smallest absolute Gasteiger partial charge is 0.267 e. The third-order valence-corrected chi connectivity index (χ3v) is 7.36. The first-order valence-electron chi connectivity index (χ1n) is 9.90. The van der Waals surface area contributed by atoms with Gasteiger partial charge in [-0.1, -0.05) is 17.7 Å². The van der Waals surface area contributed by atoms with Crippen molar-refractivity contribution in [3.8, 4) is 0 Å². The largest absolute Gasteiger partial charge is 0.467 e. The van der Waals surface area contributed by atoms with E-state index in [1.165, 1.54) is 45.6 Å². The van der Waals surface area contributed by atoms with Gasteiger partial charge in [-0.15, -0.1) is 0 Å². The number of fused-ring (bicyclic) bond motifs is 2. The molecule has 1 N–H and O–H groups in total. The van der Waals surface area contributed by atoms with Crippen LogP contribution in [0, 0.1) is 12.3 Å². The first-order valence-corrected chi connectivity index (χ1v) is 11.8. The van der Waals surface area contributed by atoms with Crippen LogP contribution in [0.25, 0.3) is 16.7 Å². The summed E-state index contributed by atoms with van der Waals surface area (Å²) in [7, 11) is -4.13. The van der Waals surface area contributed by atoms with Gasteiger partial charge in [0, 0.05) is 11.2 Å². The van der Waals surface area contributed by atoms with E-state index in [-0.39, 0.29) is 32.9 Å². The number of sulfone groups is 1. The van der Waals surface area contributed by atoms with Crippen LogP contribution >= 0.6 is 11.6 Å². The van der Waals surface area contributed by atoms with Crippen molar-refractivity contribution < 1.29 is 12.8 Å². The van der Waals surface area contributed by atoms with Crippen molar-refractivity contribution >= 4 is 38.1 Å². The van der Waals surface area contributed by atoms with Crippen LogP contribution in [0.1, 0.15) is 11.3 Å². The van der Waals surface area contributed by atoms with Crippen LogP contribution in [0.15, 0.2) is 86.1 Å². The Hall–Kier alpha value is -3.69. The fourth-order valence-electron chi connectivity index (χ4n) is 3.68. The van der Waals surface area contributed by atoms with Crippen molar-refractivity contribution in [2.75, 3.05) is 0 Å². The first kappa shape index (κ1) is 21.2. The predicted molar refractivity (Wildman–Crippen MR) is 122 cm³/mol. The molecular formula is C23H17ClN4O4S. The topological polar surface area (TPSA) is 110 Å². The van der Waals surface area contributed by atoms with Gasteiger partial charge in [0.15, 0.2) is 0 Å². The molecule has 166 valence electrons. The zero-order valence-electron chi connectivity index (χ0n) is 17.3. The molecule has 0 amide bonds. The summed E-state index contributed by atoms with van der Waals surface area (Å²) in [5.74, 6) is 0.488. The molecule has 0 aliphatic heterocycles. The lowest BCUT2D eigenvalue weighted by Crippen LogP contribution is -2.30. The molecule has 4 aromatic heterocycles. The summed E-state index contributed by atoms with van der Waals surface area (Å²) in [6.45, 7) is 1.87. The summed E-state index contributed by atoms with van der Waals surface area (Å²) in [6.07, 6.45) is 3.12. The summed E-state index contributed by atoms with van der Waals surface area (Å²) in [5.41, 5.74) is 0.691. The Morgan fingerprint density at radius 3 is 2.58 bits per heavy atom. The number of hydrogen-bond donors (Lipinski definition) is 1. The maximum absolute atomic E-state index is 13.5. The monoisotopic (exact) mass is 480 g/mol. The lowest BCUT2D eigenvalue weighted by molar-refractivity contribution is 0.488. The summed E-state index contributed by atoms with van der Waals surface area (Å²) >= 11 is 5.91. The number of halogens is 1. The molecule has 0 radical (unpaired) electrons. The lowest BCUT2D eigenvalue weighted by Gasteiger charge is -2.14. The Bertz CT molecular complexity index is 1750. The molecule has 0 atom stereocenters. The van der Waals surface area contributed by atoms with Crippen LogP contribution < -0.4 is 11.0 Å². The Balaban J connectivity index is 1.89. The van der Waals surface area contributed by atoms with Gasteiger partial charge in [0.05, 0.1) is 23.1 Å². The van der Waals surface area contributed by atoms with Crippen molar-refractivity contribution in [1.29, 1.82) is 5.41 Å². The van der Waals surface area contributed by atoms with Crippen LogP contribution in [0.5, 0.6) is 0 Å². The number of aryl methyl sites for hydroxylation is 1. The number of furan rings is 1. The number of nitrogens with one attached hydrogen (secondary N) is 1. The van der Waals surface area contributed by atoms with Gasteiger partial charge in [0.1, 0.15) is 27.4 Å². The molecule has 0 saturated carbocycles. The zero-order valence-corrected chi connectivity index (χ0v) is 18.9. The molecular weight excluding hydrogens is 464 g/mol. The Morgan fingerprint density at radius 2 is 1.88 bits per heavy atom. The zero-order chi connectivity index (χ0) is 23.3. The second-order valence-corrected chi connectivity index (χ2v) is 9.92. The van der Waals surface area contributed by atoms with E-state index in [0.29, 0.717) is 16.4 Å². The van der Waals surface area contributed by atoms with Crippen LogP contribution in [0.4, 0.5) is 0 Å². The van der Waals surface area contributed by atoms with E-state index >= 15 is 0 Å². The molecule has 33 heavy (non-hydrogen) atoms. The van der Waals surface area contributed by atoms with Crippen LogP contribution in [0.3, 0.4) is 0 Å². The average molecular weight is 481 g/mol. The maximum Gasteiger partial charge on any atom is 0.267 e. The van der Waals surface area contributed by atoms with Gasteiger partial charge in [-0.3, -0.25) is 14.6 Å². The molecule has 0 fully saturated rings. The highest BCUT2D eigenvalue weighted by Gasteiger charge is 2.24. The molecule has 0 bridgehead atoms. The molecule has 0 saturated heterocycles. The second-order valence-electron chi connectivity index (χ2n) is 7.57. The third-order valence-electron chi connectivity index (χ3n) is 5.33. The molecule has 10 heteroatoms. The number of nitrogens with zero attached hydrogens (tertiary/aromatic N) is 3. The Labute approximate surface area is 192 Å². The number of aromatic nitrogens is 3.